The smallest absolute Gasteiger partial charge is 0.223 e. The van der Waals surface area contributed by atoms with E-state index in [-0.39, 0.29) is 57.1 Å². The van der Waals surface area contributed by atoms with Crippen molar-refractivity contribution in [3.05, 3.63) is 35.0 Å². The molecular formula is C32H41N3O3. The fourth-order valence-electron chi connectivity index (χ4n) is 10.2. The molecule has 0 saturated heterocycles. The molecule has 0 radical (unpaired) electrons. The molecule has 5 aliphatic carbocycles. The summed E-state index contributed by atoms with van der Waals surface area (Å²) in [5, 5.41) is 14.3. The summed E-state index contributed by atoms with van der Waals surface area (Å²) in [7, 11) is 0. The molecule has 38 heavy (non-hydrogen) atoms. The minimum absolute atomic E-state index is 0.0611. The van der Waals surface area contributed by atoms with Gasteiger partial charge in [0.1, 0.15) is 6.07 Å². The van der Waals surface area contributed by atoms with Crippen molar-refractivity contribution in [2.45, 2.75) is 98.8 Å². The van der Waals surface area contributed by atoms with Crippen molar-refractivity contribution in [3.8, 4) is 6.07 Å². The van der Waals surface area contributed by atoms with Gasteiger partial charge in [-0.15, -0.1) is 0 Å². The molecular weight excluding hydrogens is 474 g/mol. The van der Waals surface area contributed by atoms with Crippen molar-refractivity contribution in [3.63, 3.8) is 0 Å². The normalized spacial score (nSPS) is 43.0. The van der Waals surface area contributed by atoms with Gasteiger partial charge in [0.05, 0.1) is 5.57 Å². The first kappa shape index (κ1) is 25.7. The van der Waals surface area contributed by atoms with Crippen LogP contribution in [0.1, 0.15) is 98.2 Å². The Bertz CT molecular complexity index is 1340. The number of nitrogens with zero attached hydrogens (tertiary/aromatic N) is 3. The van der Waals surface area contributed by atoms with E-state index in [2.05, 4.69) is 38.9 Å². The Hall–Kier alpha value is -2.55. The lowest BCUT2D eigenvalue weighted by molar-refractivity contribution is -0.141. The molecule has 0 N–H and O–H groups in total. The van der Waals surface area contributed by atoms with Gasteiger partial charge in [0.2, 0.25) is 5.89 Å². The third-order valence-electron chi connectivity index (χ3n) is 12.0. The molecule has 0 aliphatic heterocycles. The summed E-state index contributed by atoms with van der Waals surface area (Å²) in [4.78, 5) is 32.3. The van der Waals surface area contributed by atoms with Crippen LogP contribution in [0.5, 0.6) is 0 Å². The van der Waals surface area contributed by atoms with Crippen molar-refractivity contribution in [2.75, 3.05) is 0 Å². The van der Waals surface area contributed by atoms with Crippen molar-refractivity contribution in [1.29, 1.82) is 5.26 Å². The maximum Gasteiger partial charge on any atom is 0.223 e. The molecule has 0 amide bonds. The first-order valence-electron chi connectivity index (χ1n) is 14.4. The molecule has 6 rings (SSSR count). The highest BCUT2D eigenvalue weighted by Crippen LogP contribution is 2.70. The van der Waals surface area contributed by atoms with Gasteiger partial charge in [-0.3, -0.25) is 9.59 Å². The molecule has 0 spiro atoms. The van der Waals surface area contributed by atoms with Crippen molar-refractivity contribution < 1.29 is 14.1 Å². The topological polar surface area (TPSA) is 96.8 Å². The molecule has 1 heterocycles. The fraction of sp³-hybridized carbons (Fsp3) is 0.719. The zero-order valence-electron chi connectivity index (χ0n) is 24.0. The molecule has 1 aromatic rings. The van der Waals surface area contributed by atoms with Gasteiger partial charge in [0, 0.05) is 29.1 Å². The minimum Gasteiger partial charge on any atom is -0.340 e. The largest absolute Gasteiger partial charge is 0.340 e. The standard InChI is InChI=1S/C32H41N3O3/c1-18-34-27(35-38-18)32-11-8-20-25(21(32)16-28(2,3)12-13-32)22(36)14-24-30(20,6)10-9-23-29(4,5)26(37)19(17-33)15-31(23,24)7/h14-15,20-21,23,25H,8-13,16H2,1-7H3. The maximum atomic E-state index is 14.4. The van der Waals surface area contributed by atoms with Gasteiger partial charge in [-0.05, 0) is 79.6 Å². The lowest BCUT2D eigenvalue weighted by Crippen LogP contribution is -2.61. The van der Waals surface area contributed by atoms with Crippen LogP contribution in [0.25, 0.3) is 0 Å². The van der Waals surface area contributed by atoms with Crippen LogP contribution >= 0.6 is 0 Å². The fourth-order valence-corrected chi connectivity index (χ4v) is 10.2. The number of rotatable bonds is 1. The molecule has 7 unspecified atom stereocenters. The SMILES string of the molecule is Cc1nc(C23CCC4C(C(=O)C=C5C6(C)C=C(C#N)C(=O)C(C)(C)C6CCC54C)C2CC(C)(C)CC3)no1. The van der Waals surface area contributed by atoms with E-state index in [1.807, 2.05) is 32.9 Å². The highest BCUT2D eigenvalue weighted by molar-refractivity contribution is 6.04. The van der Waals surface area contributed by atoms with Gasteiger partial charge >= 0.3 is 0 Å². The Balaban J connectivity index is 1.50. The van der Waals surface area contributed by atoms with E-state index < -0.39 is 10.8 Å². The maximum absolute atomic E-state index is 14.4. The zero-order valence-corrected chi connectivity index (χ0v) is 24.0. The monoisotopic (exact) mass is 515 g/mol. The first-order chi connectivity index (χ1) is 17.7. The summed E-state index contributed by atoms with van der Waals surface area (Å²) in [6.45, 7) is 15.0. The summed E-state index contributed by atoms with van der Waals surface area (Å²) in [5.41, 5.74) is 0.0559. The first-order valence-corrected chi connectivity index (χ1v) is 14.4. The second kappa shape index (κ2) is 7.77. The number of carbonyl (C=O) groups excluding carboxylic acids is 2. The number of aryl methyl sites for hydroxylation is 1. The Labute approximate surface area is 226 Å². The lowest BCUT2D eigenvalue weighted by atomic mass is 9.38. The predicted octanol–water partition coefficient (Wildman–Crippen LogP) is 6.46. The van der Waals surface area contributed by atoms with Crippen molar-refractivity contribution >= 4 is 11.6 Å². The van der Waals surface area contributed by atoms with Gasteiger partial charge in [0.25, 0.3) is 0 Å². The highest BCUT2D eigenvalue weighted by Gasteiger charge is 2.66. The van der Waals surface area contributed by atoms with Gasteiger partial charge < -0.3 is 4.52 Å². The number of hydrogen-bond donors (Lipinski definition) is 0. The summed E-state index contributed by atoms with van der Waals surface area (Å²) < 4.78 is 5.49. The molecule has 202 valence electrons. The van der Waals surface area contributed by atoms with Crippen LogP contribution in [0, 0.1) is 63.6 Å². The second-order valence-electron chi connectivity index (χ2n) is 14.9. The quantitative estimate of drug-likeness (QED) is 0.426. The molecule has 3 fully saturated rings. The van der Waals surface area contributed by atoms with Gasteiger partial charge in [0.15, 0.2) is 17.4 Å². The van der Waals surface area contributed by atoms with E-state index >= 15 is 0 Å². The molecule has 7 atom stereocenters. The average molecular weight is 516 g/mol. The molecule has 0 aromatic carbocycles. The van der Waals surface area contributed by atoms with E-state index in [4.69, 9.17) is 9.51 Å². The zero-order chi connectivity index (χ0) is 27.5. The molecule has 6 heteroatoms. The minimum atomic E-state index is -0.637. The summed E-state index contributed by atoms with van der Waals surface area (Å²) in [6.07, 6.45) is 10.7. The number of carbonyl (C=O) groups is 2. The number of allylic oxidation sites excluding steroid dienone is 4. The van der Waals surface area contributed by atoms with Gasteiger partial charge in [-0.25, -0.2) is 0 Å². The van der Waals surface area contributed by atoms with Gasteiger partial charge in [-0.1, -0.05) is 58.3 Å². The van der Waals surface area contributed by atoms with Crippen LogP contribution in [-0.2, 0) is 15.0 Å². The molecule has 1 aromatic heterocycles. The van der Waals surface area contributed by atoms with Crippen LogP contribution in [0.15, 0.2) is 27.8 Å². The summed E-state index contributed by atoms with van der Waals surface area (Å²) >= 11 is 0. The van der Waals surface area contributed by atoms with E-state index in [9.17, 15) is 14.9 Å². The molecule has 5 aliphatic rings. The van der Waals surface area contributed by atoms with E-state index in [0.717, 1.165) is 56.3 Å². The highest BCUT2D eigenvalue weighted by atomic mass is 16.5. The Morgan fingerprint density at radius 2 is 1.74 bits per heavy atom. The lowest BCUT2D eigenvalue weighted by Gasteiger charge is -2.64. The predicted molar refractivity (Wildman–Crippen MR) is 143 cm³/mol. The van der Waals surface area contributed by atoms with Crippen LogP contribution in [0.2, 0.25) is 0 Å². The third-order valence-corrected chi connectivity index (χ3v) is 12.0. The van der Waals surface area contributed by atoms with Crippen molar-refractivity contribution in [1.82, 2.24) is 10.1 Å². The van der Waals surface area contributed by atoms with Crippen molar-refractivity contribution in [2.24, 2.45) is 45.3 Å². The number of Topliss-reactive ketones (excluding diaryl/α,β-unsaturated/α-hetero) is 1. The number of hydrogen-bond acceptors (Lipinski definition) is 6. The van der Waals surface area contributed by atoms with E-state index in [0.29, 0.717) is 5.89 Å². The van der Waals surface area contributed by atoms with Crippen LogP contribution in [-0.4, -0.2) is 21.7 Å². The van der Waals surface area contributed by atoms with Crippen LogP contribution in [0.4, 0.5) is 0 Å². The number of aromatic nitrogens is 2. The van der Waals surface area contributed by atoms with Gasteiger partial charge in [-0.2, -0.15) is 10.2 Å². The molecule has 3 saturated carbocycles. The third kappa shape index (κ3) is 3.17. The van der Waals surface area contributed by atoms with Crippen LogP contribution in [0.3, 0.4) is 0 Å². The second-order valence-corrected chi connectivity index (χ2v) is 14.9. The molecule has 6 nitrogen and oxygen atoms in total. The molecule has 0 bridgehead atoms. The summed E-state index contributed by atoms with van der Waals surface area (Å²) in [5.74, 6) is 1.94. The number of fused-ring (bicyclic) bond motifs is 7. The van der Waals surface area contributed by atoms with Crippen LogP contribution < -0.4 is 0 Å². The average Bonchev–Trinajstić information content (AvgIpc) is 3.29. The Kier molecular flexibility index (Phi) is 5.26. The number of ketones is 2. The Morgan fingerprint density at radius 3 is 2.39 bits per heavy atom. The van der Waals surface area contributed by atoms with E-state index in [1.165, 1.54) is 0 Å². The van der Waals surface area contributed by atoms with E-state index in [1.54, 1.807) is 0 Å². The summed E-state index contributed by atoms with van der Waals surface area (Å²) in [6, 6.07) is 2.19. The Morgan fingerprint density at radius 1 is 1.00 bits per heavy atom. The number of nitriles is 1.